The van der Waals surface area contributed by atoms with Gasteiger partial charge in [-0.15, -0.1) is 5.10 Å². The molecule has 0 fully saturated rings. The average Bonchev–Trinajstić information content (AvgIpc) is 3.47. The first-order valence-corrected chi connectivity index (χ1v) is 16.4. The maximum atomic E-state index is 14.1. The molecule has 6 rings (SSSR count). The van der Waals surface area contributed by atoms with Crippen molar-refractivity contribution >= 4 is 52.5 Å². The van der Waals surface area contributed by atoms with Gasteiger partial charge in [-0.1, -0.05) is 95.6 Å². The number of nitrogens with one attached hydrogen (secondary N) is 2. The molecule has 0 aliphatic carbocycles. The summed E-state index contributed by atoms with van der Waals surface area (Å²) in [5.74, 6) is 2.11. The Morgan fingerprint density at radius 1 is 0.913 bits per heavy atom. The summed E-state index contributed by atoms with van der Waals surface area (Å²) in [6.45, 7) is 4.58. The van der Waals surface area contributed by atoms with E-state index in [4.69, 9.17) is 42.8 Å². The lowest BCUT2D eigenvalue weighted by molar-refractivity contribution is -0.113. The molecule has 5 aromatic rings. The Balaban J connectivity index is 1.31. The molecule has 0 radical (unpaired) electrons. The lowest BCUT2D eigenvalue weighted by Crippen LogP contribution is -2.31. The van der Waals surface area contributed by atoms with Gasteiger partial charge in [0.05, 0.1) is 17.9 Å². The van der Waals surface area contributed by atoms with E-state index in [9.17, 15) is 4.79 Å². The molecule has 0 bridgehead atoms. The lowest BCUT2D eigenvalue weighted by Gasteiger charge is -2.29. The number of hydrogen-bond donors (Lipinski definition) is 2. The van der Waals surface area contributed by atoms with Crippen molar-refractivity contribution in [2.24, 2.45) is 0 Å². The number of carbonyl (C=O) groups excluding carboxylic acids is 1. The molecule has 8 nitrogen and oxygen atoms in total. The minimum atomic E-state index is -0.574. The summed E-state index contributed by atoms with van der Waals surface area (Å²) >= 11 is 14.2. The molecule has 2 N–H and O–H groups in total. The van der Waals surface area contributed by atoms with Gasteiger partial charge in [-0.05, 0) is 61.4 Å². The molecule has 0 saturated heterocycles. The Labute approximate surface area is 281 Å². The van der Waals surface area contributed by atoms with Gasteiger partial charge >= 0.3 is 0 Å². The first-order valence-electron chi connectivity index (χ1n) is 14.7. The van der Waals surface area contributed by atoms with Crippen LogP contribution in [0.5, 0.6) is 11.5 Å². The summed E-state index contributed by atoms with van der Waals surface area (Å²) in [5, 5.41) is 13.1. The lowest BCUT2D eigenvalue weighted by atomic mass is 9.95. The number of carbonyl (C=O) groups is 1. The number of ether oxygens (including phenoxy) is 2. The van der Waals surface area contributed by atoms with Crippen LogP contribution in [0.2, 0.25) is 10.0 Å². The van der Waals surface area contributed by atoms with Gasteiger partial charge in [0, 0.05) is 27.1 Å². The van der Waals surface area contributed by atoms with Gasteiger partial charge in [-0.3, -0.25) is 4.79 Å². The van der Waals surface area contributed by atoms with E-state index in [1.165, 1.54) is 11.8 Å². The van der Waals surface area contributed by atoms with Crippen molar-refractivity contribution in [1.82, 2.24) is 14.8 Å². The SMILES string of the molecule is CCOc1ccccc1NC(=O)C1=C(C)Nc2nc(SCc3ccccc3Cl)nn2C1c1ccc(OCc2ccccc2Cl)cc1. The normalized spacial score (nSPS) is 14.0. The van der Waals surface area contributed by atoms with Gasteiger partial charge in [0.15, 0.2) is 0 Å². The second-order valence-corrected chi connectivity index (χ2v) is 12.2. The quantitative estimate of drug-likeness (QED) is 0.136. The van der Waals surface area contributed by atoms with Gasteiger partial charge in [0.25, 0.3) is 5.91 Å². The molecular weight excluding hydrogens is 641 g/mol. The molecule has 1 aliphatic heterocycles. The largest absolute Gasteiger partial charge is 0.492 e. The van der Waals surface area contributed by atoms with Gasteiger partial charge in [-0.2, -0.15) is 4.98 Å². The van der Waals surface area contributed by atoms with Crippen LogP contribution in [0, 0.1) is 0 Å². The van der Waals surface area contributed by atoms with Crippen molar-refractivity contribution in [3.8, 4) is 11.5 Å². The van der Waals surface area contributed by atoms with E-state index in [-0.39, 0.29) is 5.91 Å². The number of thioether (sulfide) groups is 1. The first-order chi connectivity index (χ1) is 22.4. The molecular formula is C35H31Cl2N5O3S. The van der Waals surface area contributed by atoms with Crippen molar-refractivity contribution in [3.05, 3.63) is 135 Å². The van der Waals surface area contributed by atoms with Crippen LogP contribution in [0.4, 0.5) is 11.6 Å². The molecule has 1 unspecified atom stereocenters. The van der Waals surface area contributed by atoms with E-state index in [0.717, 1.165) is 16.7 Å². The number of fused-ring (bicyclic) bond motifs is 1. The zero-order valence-electron chi connectivity index (χ0n) is 25.2. The van der Waals surface area contributed by atoms with Crippen molar-refractivity contribution in [2.75, 3.05) is 17.2 Å². The first kappa shape index (κ1) is 31.5. The van der Waals surface area contributed by atoms with E-state index >= 15 is 0 Å². The van der Waals surface area contributed by atoms with E-state index < -0.39 is 6.04 Å². The van der Waals surface area contributed by atoms with Crippen LogP contribution in [0.25, 0.3) is 0 Å². The van der Waals surface area contributed by atoms with Crippen LogP contribution in [0.3, 0.4) is 0 Å². The zero-order valence-corrected chi connectivity index (χ0v) is 27.5. The minimum absolute atomic E-state index is 0.285. The molecule has 1 atom stereocenters. The number of para-hydroxylation sites is 2. The summed E-state index contributed by atoms with van der Waals surface area (Å²) in [6.07, 6.45) is 0. The van der Waals surface area contributed by atoms with E-state index in [0.29, 0.717) is 68.6 Å². The van der Waals surface area contributed by atoms with Crippen LogP contribution in [-0.4, -0.2) is 27.3 Å². The topological polar surface area (TPSA) is 90.3 Å². The van der Waals surface area contributed by atoms with Crippen molar-refractivity contribution in [3.63, 3.8) is 0 Å². The molecule has 1 aromatic heterocycles. The molecule has 234 valence electrons. The predicted molar refractivity (Wildman–Crippen MR) is 184 cm³/mol. The Morgan fingerprint density at radius 2 is 1.59 bits per heavy atom. The maximum Gasteiger partial charge on any atom is 0.255 e. The molecule has 2 heterocycles. The summed E-state index contributed by atoms with van der Waals surface area (Å²) in [4.78, 5) is 18.8. The van der Waals surface area contributed by atoms with Crippen LogP contribution in [-0.2, 0) is 17.2 Å². The minimum Gasteiger partial charge on any atom is -0.492 e. The van der Waals surface area contributed by atoms with Crippen LogP contribution < -0.4 is 20.1 Å². The van der Waals surface area contributed by atoms with E-state index in [2.05, 4.69) is 10.6 Å². The second kappa shape index (κ2) is 14.3. The summed E-state index contributed by atoms with van der Waals surface area (Å²) < 4.78 is 13.5. The van der Waals surface area contributed by atoms with Gasteiger partial charge in [-0.25, -0.2) is 4.68 Å². The maximum absolute atomic E-state index is 14.1. The summed E-state index contributed by atoms with van der Waals surface area (Å²) in [7, 11) is 0. The Bertz CT molecular complexity index is 1890. The number of allylic oxidation sites excluding steroid dienone is 1. The third-order valence-electron chi connectivity index (χ3n) is 7.38. The highest BCUT2D eigenvalue weighted by Crippen LogP contribution is 2.38. The molecule has 1 amide bonds. The third-order valence-corrected chi connectivity index (χ3v) is 9.00. The number of nitrogens with zero attached hydrogens (tertiary/aromatic N) is 3. The zero-order chi connectivity index (χ0) is 32.0. The van der Waals surface area contributed by atoms with Gasteiger partial charge in [0.2, 0.25) is 11.1 Å². The van der Waals surface area contributed by atoms with Crippen molar-refractivity contribution < 1.29 is 14.3 Å². The number of rotatable bonds is 11. The van der Waals surface area contributed by atoms with Crippen molar-refractivity contribution in [1.29, 1.82) is 0 Å². The Hall–Kier alpha value is -4.44. The molecule has 1 aliphatic rings. The van der Waals surface area contributed by atoms with Gasteiger partial charge < -0.3 is 20.1 Å². The van der Waals surface area contributed by atoms with Crippen molar-refractivity contribution in [2.45, 2.75) is 37.4 Å². The van der Waals surface area contributed by atoms with Crippen LogP contribution >= 0.6 is 35.0 Å². The number of benzene rings is 4. The van der Waals surface area contributed by atoms with E-state index in [1.54, 1.807) is 4.68 Å². The fourth-order valence-corrected chi connectivity index (χ4v) is 6.42. The number of hydrogen-bond acceptors (Lipinski definition) is 7. The van der Waals surface area contributed by atoms with Crippen LogP contribution in [0.1, 0.15) is 36.6 Å². The molecule has 46 heavy (non-hydrogen) atoms. The highest BCUT2D eigenvalue weighted by molar-refractivity contribution is 7.98. The highest BCUT2D eigenvalue weighted by Gasteiger charge is 2.35. The Morgan fingerprint density at radius 3 is 2.30 bits per heavy atom. The number of amides is 1. The summed E-state index contributed by atoms with van der Waals surface area (Å²) in [5.41, 5.74) is 4.46. The highest BCUT2D eigenvalue weighted by atomic mass is 35.5. The molecule has 0 saturated carbocycles. The third kappa shape index (κ3) is 7.02. The predicted octanol–water partition coefficient (Wildman–Crippen LogP) is 8.78. The molecule has 0 spiro atoms. The van der Waals surface area contributed by atoms with E-state index in [1.807, 2.05) is 111 Å². The molecule has 4 aromatic carbocycles. The Kier molecular flexibility index (Phi) is 9.82. The van der Waals surface area contributed by atoms with Gasteiger partial charge in [0.1, 0.15) is 24.1 Å². The smallest absolute Gasteiger partial charge is 0.255 e. The second-order valence-electron chi connectivity index (χ2n) is 10.4. The monoisotopic (exact) mass is 671 g/mol. The average molecular weight is 673 g/mol. The number of anilines is 2. The van der Waals surface area contributed by atoms with Crippen LogP contribution in [0.15, 0.2) is 113 Å². The standard InChI is InChI=1S/C35H31Cl2N5O3S/c1-3-44-30-15-9-8-14-29(30)39-33(43)31-22(2)38-34-40-35(46-21-25-11-5-7-13-28(25)37)41-42(34)32(31)23-16-18-26(19-17-23)45-20-24-10-4-6-12-27(24)36/h4-19,32H,3,20-21H2,1-2H3,(H,39,43)(H,38,40,41). The fourth-order valence-electron chi connectivity index (χ4n) is 5.12. The molecule has 11 heteroatoms. The fraction of sp³-hybridized carbons (Fsp3) is 0.171. The number of aromatic nitrogens is 3. The summed E-state index contributed by atoms with van der Waals surface area (Å²) in [6, 6.07) is 29.7. The number of halogens is 2.